The highest BCUT2D eigenvalue weighted by Gasteiger charge is 2.47. The molecule has 1 atom stereocenters. The Balaban J connectivity index is 0.948. The molecule has 11 aromatic rings. The smallest absolute Gasteiger partial charge is 0.164 e. The molecule has 0 amide bonds. The van der Waals surface area contributed by atoms with Crippen LogP contribution in [0.15, 0.2) is 260 Å². The van der Waals surface area contributed by atoms with Crippen molar-refractivity contribution in [1.82, 2.24) is 19.9 Å². The topological polar surface area (TPSA) is 51.6 Å². The molecule has 0 spiro atoms. The molecule has 13 rings (SSSR count). The normalized spacial score (nSPS) is 14.6. The van der Waals surface area contributed by atoms with E-state index in [0.29, 0.717) is 17.5 Å². The maximum absolute atomic E-state index is 5.32. The van der Waals surface area contributed by atoms with Crippen LogP contribution in [-0.2, 0) is 5.41 Å². The van der Waals surface area contributed by atoms with Crippen LogP contribution in [0.4, 0.5) is 0 Å². The maximum atomic E-state index is 5.32. The van der Waals surface area contributed by atoms with Crippen molar-refractivity contribution in [3.63, 3.8) is 0 Å². The number of pyridine rings is 1. The Morgan fingerprint density at radius 1 is 0.347 bits per heavy atom. The Hall–Kier alpha value is -9.38. The van der Waals surface area contributed by atoms with E-state index in [0.717, 1.165) is 68.7 Å². The molecule has 2 aliphatic rings. The van der Waals surface area contributed by atoms with E-state index in [2.05, 4.69) is 262 Å². The standard InChI is InChI=1S/C71H52N4/c1-47-31-44-60(48(2)72-47)52-32-36-54(37-33-52)68-73-69(75-70(74-68)56-40-42-59(43-41-56)71(58-25-13-6-14-26-58)65-29-17-15-27-61(65)62-28-16-18-30-66(62)71)55-38-34-53(35-39-55)67-63(50-21-9-4-10-22-50)45-57(49-19-7-3-8-20-49)46-64(67)51-23-11-5-12-24-51/h3-15,17-27,29-46H,16,28H2,1-2H3. The van der Waals surface area contributed by atoms with Crippen LogP contribution in [0, 0.1) is 13.8 Å². The first kappa shape index (κ1) is 45.5. The van der Waals surface area contributed by atoms with Crippen LogP contribution in [0.1, 0.15) is 46.5 Å². The third-order valence-corrected chi connectivity index (χ3v) is 15.2. The molecule has 4 heteroatoms. The second kappa shape index (κ2) is 19.2. The van der Waals surface area contributed by atoms with Gasteiger partial charge in [-0.15, -0.1) is 0 Å². The highest BCUT2D eigenvalue weighted by atomic mass is 15.0. The molecule has 2 aliphatic carbocycles. The molecule has 0 radical (unpaired) electrons. The van der Waals surface area contributed by atoms with Crippen LogP contribution >= 0.6 is 0 Å². The molecule has 2 aromatic heterocycles. The zero-order valence-electron chi connectivity index (χ0n) is 42.0. The predicted molar refractivity (Wildman–Crippen MR) is 309 cm³/mol. The summed E-state index contributed by atoms with van der Waals surface area (Å²) in [5.41, 5.74) is 23.7. The number of rotatable bonds is 10. The summed E-state index contributed by atoms with van der Waals surface area (Å²) in [6.45, 7) is 4.09. The molecule has 75 heavy (non-hydrogen) atoms. The van der Waals surface area contributed by atoms with E-state index >= 15 is 0 Å². The summed E-state index contributed by atoms with van der Waals surface area (Å²) in [7, 11) is 0. The summed E-state index contributed by atoms with van der Waals surface area (Å²) in [5.74, 6) is 1.82. The van der Waals surface area contributed by atoms with Gasteiger partial charge in [-0.1, -0.05) is 237 Å². The molecule has 0 N–H and O–H groups in total. The Labute approximate surface area is 439 Å². The van der Waals surface area contributed by atoms with Gasteiger partial charge in [0.15, 0.2) is 17.5 Å². The fraction of sp³-hybridized carbons (Fsp3) is 0.0704. The van der Waals surface area contributed by atoms with Crippen LogP contribution in [0.2, 0.25) is 0 Å². The number of hydrogen-bond donors (Lipinski definition) is 0. The van der Waals surface area contributed by atoms with Gasteiger partial charge in [-0.2, -0.15) is 0 Å². The molecule has 2 heterocycles. The van der Waals surface area contributed by atoms with E-state index in [1.54, 1.807) is 0 Å². The van der Waals surface area contributed by atoms with E-state index in [4.69, 9.17) is 19.9 Å². The van der Waals surface area contributed by atoms with Gasteiger partial charge in [0, 0.05) is 33.6 Å². The van der Waals surface area contributed by atoms with Crippen LogP contribution in [-0.4, -0.2) is 19.9 Å². The van der Waals surface area contributed by atoms with Crippen LogP contribution in [0.3, 0.4) is 0 Å². The van der Waals surface area contributed by atoms with E-state index in [-0.39, 0.29) is 0 Å². The van der Waals surface area contributed by atoms with Crippen molar-refractivity contribution in [3.8, 4) is 89.8 Å². The van der Waals surface area contributed by atoms with Gasteiger partial charge in [-0.25, -0.2) is 15.0 Å². The summed E-state index contributed by atoms with van der Waals surface area (Å²) < 4.78 is 0. The number of nitrogens with zero attached hydrogens (tertiary/aromatic N) is 4. The van der Waals surface area contributed by atoms with E-state index in [1.165, 1.54) is 61.2 Å². The first-order valence-corrected chi connectivity index (χ1v) is 25.9. The number of aromatic nitrogens is 4. The van der Waals surface area contributed by atoms with Crippen molar-refractivity contribution in [2.75, 3.05) is 0 Å². The summed E-state index contributed by atoms with van der Waals surface area (Å²) >= 11 is 0. The third-order valence-electron chi connectivity index (χ3n) is 15.2. The summed E-state index contributed by atoms with van der Waals surface area (Å²) in [6, 6.07) is 87.3. The van der Waals surface area contributed by atoms with Crippen LogP contribution < -0.4 is 0 Å². The average Bonchev–Trinajstić information content (AvgIpc) is 3.80. The van der Waals surface area contributed by atoms with Crippen molar-refractivity contribution in [3.05, 3.63) is 294 Å². The van der Waals surface area contributed by atoms with Gasteiger partial charge in [0.25, 0.3) is 0 Å². The Morgan fingerprint density at radius 2 is 0.800 bits per heavy atom. The highest BCUT2D eigenvalue weighted by Crippen LogP contribution is 2.57. The Morgan fingerprint density at radius 3 is 1.36 bits per heavy atom. The first-order valence-electron chi connectivity index (χ1n) is 25.9. The third kappa shape index (κ3) is 8.22. The molecule has 0 fully saturated rings. The molecular weight excluding hydrogens is 909 g/mol. The molecule has 356 valence electrons. The van der Waals surface area contributed by atoms with Crippen molar-refractivity contribution >= 4 is 5.57 Å². The quantitative estimate of drug-likeness (QED) is 0.137. The average molecular weight is 961 g/mol. The zero-order valence-corrected chi connectivity index (χ0v) is 42.0. The van der Waals surface area contributed by atoms with Gasteiger partial charge >= 0.3 is 0 Å². The number of fused-ring (bicyclic) bond motifs is 2. The zero-order chi connectivity index (χ0) is 50.3. The van der Waals surface area contributed by atoms with Crippen LogP contribution in [0.25, 0.3) is 95.4 Å². The minimum absolute atomic E-state index is 0.463. The first-order chi connectivity index (χ1) is 37.0. The van der Waals surface area contributed by atoms with Crippen molar-refractivity contribution in [2.45, 2.75) is 32.1 Å². The largest absolute Gasteiger partial charge is 0.258 e. The number of benzene rings is 9. The minimum Gasteiger partial charge on any atom is -0.258 e. The summed E-state index contributed by atoms with van der Waals surface area (Å²) in [6.07, 6.45) is 6.79. The molecule has 9 aromatic carbocycles. The molecule has 4 nitrogen and oxygen atoms in total. The van der Waals surface area contributed by atoms with Gasteiger partial charge in [0.05, 0.1) is 5.41 Å². The lowest BCUT2D eigenvalue weighted by molar-refractivity contribution is 0.756. The highest BCUT2D eigenvalue weighted by molar-refractivity contribution is 5.98. The molecule has 1 unspecified atom stereocenters. The van der Waals surface area contributed by atoms with Gasteiger partial charge in [0.2, 0.25) is 0 Å². The van der Waals surface area contributed by atoms with Crippen molar-refractivity contribution < 1.29 is 0 Å². The second-order valence-corrected chi connectivity index (χ2v) is 19.7. The molecular formula is C71H52N4. The number of aryl methyl sites for hydroxylation is 2. The fourth-order valence-corrected chi connectivity index (χ4v) is 11.6. The fourth-order valence-electron chi connectivity index (χ4n) is 11.6. The molecule has 0 aliphatic heterocycles. The van der Waals surface area contributed by atoms with Crippen molar-refractivity contribution in [2.24, 2.45) is 0 Å². The van der Waals surface area contributed by atoms with E-state index in [9.17, 15) is 0 Å². The second-order valence-electron chi connectivity index (χ2n) is 19.7. The van der Waals surface area contributed by atoms with Gasteiger partial charge in [-0.3, -0.25) is 4.98 Å². The van der Waals surface area contributed by atoms with Gasteiger partial charge < -0.3 is 0 Å². The molecule has 0 saturated heterocycles. The van der Waals surface area contributed by atoms with Gasteiger partial charge in [0.1, 0.15) is 0 Å². The van der Waals surface area contributed by atoms with E-state index < -0.39 is 5.41 Å². The Bertz CT molecular complexity index is 3900. The predicted octanol–water partition coefficient (Wildman–Crippen LogP) is 17.7. The lowest BCUT2D eigenvalue weighted by Gasteiger charge is -2.35. The van der Waals surface area contributed by atoms with Gasteiger partial charge in [-0.05, 0) is 128 Å². The minimum atomic E-state index is -0.463. The Kier molecular flexibility index (Phi) is 11.7. The summed E-state index contributed by atoms with van der Waals surface area (Å²) in [4.78, 5) is 20.6. The molecule has 0 bridgehead atoms. The lowest BCUT2D eigenvalue weighted by atomic mass is 9.66. The number of allylic oxidation sites excluding steroid dienone is 4. The lowest BCUT2D eigenvalue weighted by Crippen LogP contribution is -2.29. The van der Waals surface area contributed by atoms with E-state index in [1.807, 2.05) is 6.92 Å². The van der Waals surface area contributed by atoms with Crippen LogP contribution in [0.5, 0.6) is 0 Å². The molecule has 0 saturated carbocycles. The summed E-state index contributed by atoms with van der Waals surface area (Å²) in [5, 5.41) is 0. The SMILES string of the molecule is Cc1ccc(-c2ccc(-c3nc(-c4ccc(-c5c(-c6ccccc6)cc(-c6ccccc6)cc5-c5ccccc5)cc4)nc(-c4ccc(C5(c6ccccc6)C6=C(CCC=C6)c6ccccc65)cc4)n3)cc2)c(C)n1. The van der Waals surface area contributed by atoms with Crippen molar-refractivity contribution in [1.29, 1.82) is 0 Å². The maximum Gasteiger partial charge on any atom is 0.164 e. The monoisotopic (exact) mass is 960 g/mol. The number of hydrogen-bond acceptors (Lipinski definition) is 4.